The van der Waals surface area contributed by atoms with Gasteiger partial charge in [-0.3, -0.25) is 4.79 Å². The van der Waals surface area contributed by atoms with Crippen molar-refractivity contribution < 1.29 is 13.2 Å². The molecule has 1 aromatic carbocycles. The Morgan fingerprint density at radius 2 is 1.64 bits per heavy atom. The first-order valence-corrected chi connectivity index (χ1v) is 10.7. The number of carbonyl (C=O) groups excluding carboxylic acids is 1. The number of nitrogens with one attached hydrogen (secondary N) is 1. The molecule has 134 valence electrons. The second-order valence-corrected chi connectivity index (χ2v) is 9.34. The number of aryl methyl sites for hydroxylation is 1. The number of hydrazone groups is 1. The SMILES string of the molecule is Cc1ccc(S(=O)(=O)N/N=C2/C(=O)C3CCCC4CCCC2C43)cc1. The number of hydrogen-bond donors (Lipinski definition) is 1. The van der Waals surface area contributed by atoms with Gasteiger partial charge < -0.3 is 0 Å². The lowest BCUT2D eigenvalue weighted by atomic mass is 9.65. The van der Waals surface area contributed by atoms with Gasteiger partial charge in [0.05, 0.1) is 4.90 Å². The molecule has 5 nitrogen and oxygen atoms in total. The largest absolute Gasteiger partial charge is 0.292 e. The van der Waals surface area contributed by atoms with Crippen LogP contribution in [0, 0.1) is 30.6 Å². The Balaban J connectivity index is 1.60. The minimum absolute atomic E-state index is 0.0617. The van der Waals surface area contributed by atoms with E-state index in [0.29, 0.717) is 17.5 Å². The molecule has 4 atom stereocenters. The van der Waals surface area contributed by atoms with Crippen LogP contribution in [0.1, 0.15) is 44.1 Å². The molecule has 0 aromatic heterocycles. The highest BCUT2D eigenvalue weighted by atomic mass is 32.2. The molecule has 3 aliphatic rings. The highest BCUT2D eigenvalue weighted by Crippen LogP contribution is 2.51. The van der Waals surface area contributed by atoms with Crippen LogP contribution < -0.4 is 4.83 Å². The zero-order valence-corrected chi connectivity index (χ0v) is 15.3. The molecule has 1 N–H and O–H groups in total. The summed E-state index contributed by atoms with van der Waals surface area (Å²) < 4.78 is 24.9. The normalized spacial score (nSPS) is 33.3. The van der Waals surface area contributed by atoms with Gasteiger partial charge in [0, 0.05) is 11.8 Å². The van der Waals surface area contributed by atoms with Crippen molar-refractivity contribution in [2.75, 3.05) is 0 Å². The molecule has 0 aliphatic heterocycles. The lowest BCUT2D eigenvalue weighted by Crippen LogP contribution is -2.33. The number of ketones is 1. The van der Waals surface area contributed by atoms with Crippen molar-refractivity contribution in [3.63, 3.8) is 0 Å². The molecule has 3 aliphatic carbocycles. The molecule has 0 amide bonds. The van der Waals surface area contributed by atoms with Gasteiger partial charge in [-0.25, -0.2) is 0 Å². The summed E-state index contributed by atoms with van der Waals surface area (Å²) in [6, 6.07) is 6.63. The molecule has 4 rings (SSSR count). The van der Waals surface area contributed by atoms with E-state index >= 15 is 0 Å². The maximum Gasteiger partial charge on any atom is 0.276 e. The molecule has 0 heterocycles. The first-order valence-electron chi connectivity index (χ1n) is 9.17. The zero-order chi connectivity index (χ0) is 17.6. The highest BCUT2D eigenvalue weighted by molar-refractivity contribution is 7.89. The minimum Gasteiger partial charge on any atom is -0.292 e. The van der Waals surface area contributed by atoms with Gasteiger partial charge in [-0.15, -0.1) is 0 Å². The summed E-state index contributed by atoms with van der Waals surface area (Å²) in [5.41, 5.74) is 1.46. The van der Waals surface area contributed by atoms with E-state index in [4.69, 9.17) is 0 Å². The Hall–Kier alpha value is -1.69. The van der Waals surface area contributed by atoms with E-state index in [9.17, 15) is 13.2 Å². The van der Waals surface area contributed by atoms with Gasteiger partial charge in [-0.2, -0.15) is 18.4 Å². The van der Waals surface area contributed by atoms with Gasteiger partial charge in [0.1, 0.15) is 5.71 Å². The summed E-state index contributed by atoms with van der Waals surface area (Å²) in [6.45, 7) is 1.91. The van der Waals surface area contributed by atoms with E-state index in [-0.39, 0.29) is 22.5 Å². The second-order valence-electron chi connectivity index (χ2n) is 7.68. The first kappa shape index (κ1) is 16.8. The van der Waals surface area contributed by atoms with E-state index < -0.39 is 10.0 Å². The molecule has 3 saturated carbocycles. The lowest BCUT2D eigenvalue weighted by molar-refractivity contribution is -0.118. The number of sulfonamides is 1. The van der Waals surface area contributed by atoms with E-state index in [0.717, 1.165) is 31.2 Å². The molecule has 0 saturated heterocycles. The molecule has 4 unspecified atom stereocenters. The van der Waals surface area contributed by atoms with E-state index in [1.807, 2.05) is 6.92 Å². The van der Waals surface area contributed by atoms with Crippen LogP contribution in [0.3, 0.4) is 0 Å². The van der Waals surface area contributed by atoms with E-state index in [1.54, 1.807) is 24.3 Å². The van der Waals surface area contributed by atoms with Crippen molar-refractivity contribution in [2.24, 2.45) is 28.8 Å². The van der Waals surface area contributed by atoms with Crippen molar-refractivity contribution in [1.29, 1.82) is 0 Å². The van der Waals surface area contributed by atoms with Crippen LogP contribution in [0.25, 0.3) is 0 Å². The van der Waals surface area contributed by atoms with Crippen LogP contribution in [0.15, 0.2) is 34.3 Å². The first-order chi connectivity index (χ1) is 12.0. The van der Waals surface area contributed by atoms with Crippen LogP contribution >= 0.6 is 0 Å². The van der Waals surface area contributed by atoms with Gasteiger partial charge in [0.2, 0.25) is 0 Å². The van der Waals surface area contributed by atoms with Crippen LogP contribution in [-0.4, -0.2) is 19.9 Å². The number of benzene rings is 1. The lowest BCUT2D eigenvalue weighted by Gasteiger charge is -2.39. The topological polar surface area (TPSA) is 75.6 Å². The summed E-state index contributed by atoms with van der Waals surface area (Å²) in [5, 5.41) is 4.15. The summed E-state index contributed by atoms with van der Waals surface area (Å²) in [4.78, 5) is 15.3. The quantitative estimate of drug-likeness (QED) is 0.842. The van der Waals surface area contributed by atoms with Crippen molar-refractivity contribution in [3.05, 3.63) is 29.8 Å². The summed E-state index contributed by atoms with van der Waals surface area (Å²) in [7, 11) is -3.74. The summed E-state index contributed by atoms with van der Waals surface area (Å²) >= 11 is 0. The fraction of sp³-hybridized carbons (Fsp3) is 0.579. The van der Waals surface area contributed by atoms with Crippen molar-refractivity contribution >= 4 is 21.5 Å². The number of nitrogens with zero attached hydrogens (tertiary/aromatic N) is 1. The van der Waals surface area contributed by atoms with Crippen LogP contribution in [0.5, 0.6) is 0 Å². The van der Waals surface area contributed by atoms with Gasteiger partial charge in [-0.1, -0.05) is 43.4 Å². The number of carbonyl (C=O) groups is 1. The summed E-state index contributed by atoms with van der Waals surface area (Å²) in [6.07, 6.45) is 6.50. The Morgan fingerprint density at radius 1 is 1.00 bits per heavy atom. The predicted molar refractivity (Wildman–Crippen MR) is 95.6 cm³/mol. The third-order valence-corrected chi connectivity index (χ3v) is 7.44. The van der Waals surface area contributed by atoms with Gasteiger partial charge >= 0.3 is 0 Å². The molecule has 1 aromatic rings. The number of rotatable bonds is 3. The maximum atomic E-state index is 12.8. The van der Waals surface area contributed by atoms with Crippen molar-refractivity contribution in [1.82, 2.24) is 4.83 Å². The van der Waals surface area contributed by atoms with Crippen LogP contribution in [-0.2, 0) is 14.8 Å². The van der Waals surface area contributed by atoms with Gasteiger partial charge in [-0.05, 0) is 43.7 Å². The Labute approximate surface area is 148 Å². The number of Topliss-reactive ketones (excluding diaryl/α,β-unsaturated/α-hetero) is 1. The van der Waals surface area contributed by atoms with Gasteiger partial charge in [0.25, 0.3) is 10.0 Å². The fourth-order valence-corrected chi connectivity index (χ4v) is 5.88. The molecular formula is C19H24N2O3S. The molecule has 6 heteroatoms. The maximum absolute atomic E-state index is 12.8. The third-order valence-electron chi connectivity index (χ3n) is 6.21. The Kier molecular flexibility index (Phi) is 4.18. The molecule has 0 bridgehead atoms. The average Bonchev–Trinajstić information content (AvgIpc) is 2.88. The highest BCUT2D eigenvalue weighted by Gasteiger charge is 2.53. The predicted octanol–water partition coefficient (Wildman–Crippen LogP) is 3.04. The fourth-order valence-electron chi connectivity index (χ4n) is 5.07. The Morgan fingerprint density at radius 3 is 2.32 bits per heavy atom. The molecule has 25 heavy (non-hydrogen) atoms. The molecule has 3 fully saturated rings. The van der Waals surface area contributed by atoms with Crippen molar-refractivity contribution in [2.45, 2.75) is 50.3 Å². The van der Waals surface area contributed by atoms with Gasteiger partial charge in [0.15, 0.2) is 5.78 Å². The standard InChI is InChI=1S/C19H24N2O3S/c1-12-8-10-14(11-9-12)25(23,24)21-20-18-15-6-2-4-13-5-3-7-16(17(13)15)19(18)22/h8-11,13,15-17,21H,2-7H2,1H3/b20-18+. The molecule has 0 spiro atoms. The monoisotopic (exact) mass is 360 g/mol. The second kappa shape index (κ2) is 6.24. The van der Waals surface area contributed by atoms with Crippen molar-refractivity contribution in [3.8, 4) is 0 Å². The number of hydrogen-bond acceptors (Lipinski definition) is 4. The van der Waals surface area contributed by atoms with E-state index in [2.05, 4.69) is 9.93 Å². The van der Waals surface area contributed by atoms with Crippen LogP contribution in [0.2, 0.25) is 0 Å². The summed E-state index contributed by atoms with van der Waals surface area (Å²) in [5.74, 6) is 1.28. The smallest absolute Gasteiger partial charge is 0.276 e. The van der Waals surface area contributed by atoms with E-state index in [1.165, 1.54) is 12.8 Å². The Bertz CT molecular complexity index is 812. The average molecular weight is 360 g/mol. The third kappa shape index (κ3) is 2.90. The zero-order valence-electron chi connectivity index (χ0n) is 14.4. The minimum atomic E-state index is -3.74. The van der Waals surface area contributed by atoms with Crippen LogP contribution in [0.4, 0.5) is 0 Å². The molecular weight excluding hydrogens is 336 g/mol. The molecule has 0 radical (unpaired) electrons.